The van der Waals surface area contributed by atoms with Gasteiger partial charge in [0.05, 0.1) is 31.3 Å². The molecule has 0 aliphatic carbocycles. The third kappa shape index (κ3) is 5.31. The third-order valence-electron chi connectivity index (χ3n) is 4.96. The molecule has 1 N–H and O–H groups in total. The third-order valence-corrected chi connectivity index (χ3v) is 4.96. The Hall–Kier alpha value is -1.43. The summed E-state index contributed by atoms with van der Waals surface area (Å²) in [6.07, 6.45) is -2.37. The summed E-state index contributed by atoms with van der Waals surface area (Å²) in [5.41, 5.74) is -0.406. The van der Waals surface area contributed by atoms with Crippen LogP contribution >= 0.6 is 0 Å². The molecule has 0 aromatic heterocycles. The minimum atomic E-state index is -5.08. The average Bonchev–Trinajstić information content (AvgIpc) is 3.28. The van der Waals surface area contributed by atoms with E-state index >= 15 is 0 Å². The molecule has 0 aromatic carbocycles. The number of carbonyl (C=O) groups is 2. The van der Waals surface area contributed by atoms with Crippen LogP contribution in [0, 0.1) is 5.41 Å². The maximum Gasteiger partial charge on any atom is 0.490 e. The number of hydrogen-bond donors (Lipinski definition) is 1. The lowest BCUT2D eigenvalue weighted by Crippen LogP contribution is -2.57. The maximum atomic E-state index is 12.9. The molecule has 2 atom stereocenters. The summed E-state index contributed by atoms with van der Waals surface area (Å²) in [6, 6.07) is 0. The van der Waals surface area contributed by atoms with Crippen LogP contribution < -0.4 is 0 Å². The lowest BCUT2D eigenvalue weighted by Gasteiger charge is -2.43. The van der Waals surface area contributed by atoms with Crippen molar-refractivity contribution >= 4 is 11.9 Å². The topological polar surface area (TPSA) is 88.5 Å². The molecule has 3 aliphatic heterocycles. The van der Waals surface area contributed by atoms with Crippen LogP contribution in [0.25, 0.3) is 0 Å². The van der Waals surface area contributed by atoms with Crippen molar-refractivity contribution in [1.29, 1.82) is 0 Å². The second-order valence-corrected chi connectivity index (χ2v) is 6.72. The van der Waals surface area contributed by atoms with Gasteiger partial charge in [-0.2, -0.15) is 13.2 Å². The van der Waals surface area contributed by atoms with Crippen molar-refractivity contribution in [3.05, 3.63) is 0 Å². The lowest BCUT2D eigenvalue weighted by molar-refractivity contribution is -0.192. The van der Waals surface area contributed by atoms with Gasteiger partial charge in [0.2, 0.25) is 0 Å². The van der Waals surface area contributed by atoms with Gasteiger partial charge in [-0.05, 0) is 19.3 Å². The molecule has 27 heavy (non-hydrogen) atoms. The zero-order chi connectivity index (χ0) is 20.1. The second kappa shape index (κ2) is 9.18. The SMILES string of the molecule is COCCN1CC[C@H]2OCC[C@@]2(C(=O)N2CCCO2)C1.O=C(O)C(F)(F)F. The van der Waals surface area contributed by atoms with E-state index in [9.17, 15) is 18.0 Å². The highest BCUT2D eigenvalue weighted by Gasteiger charge is 2.55. The van der Waals surface area contributed by atoms with Gasteiger partial charge in [-0.15, -0.1) is 0 Å². The van der Waals surface area contributed by atoms with Gasteiger partial charge < -0.3 is 14.6 Å². The molecule has 0 radical (unpaired) electrons. The Balaban J connectivity index is 0.000000321. The van der Waals surface area contributed by atoms with E-state index in [1.165, 1.54) is 0 Å². The minimum absolute atomic E-state index is 0.0537. The summed E-state index contributed by atoms with van der Waals surface area (Å²) in [7, 11) is 1.71. The first-order chi connectivity index (χ1) is 12.7. The number of ether oxygens (including phenoxy) is 2. The first-order valence-electron chi connectivity index (χ1n) is 8.78. The van der Waals surface area contributed by atoms with Crippen LogP contribution in [0.15, 0.2) is 0 Å². The van der Waals surface area contributed by atoms with Gasteiger partial charge in [-0.3, -0.25) is 14.5 Å². The molecular weight excluding hydrogens is 373 g/mol. The summed E-state index contributed by atoms with van der Waals surface area (Å²) in [6.45, 7) is 5.37. The maximum absolute atomic E-state index is 12.9. The summed E-state index contributed by atoms with van der Waals surface area (Å²) >= 11 is 0. The van der Waals surface area contributed by atoms with Gasteiger partial charge >= 0.3 is 12.1 Å². The molecule has 0 saturated carbocycles. The number of aliphatic carboxylic acids is 1. The lowest BCUT2D eigenvalue weighted by atomic mass is 9.75. The Morgan fingerprint density at radius 1 is 1.30 bits per heavy atom. The average molecular weight is 398 g/mol. The number of hydroxylamine groups is 2. The Kier molecular flexibility index (Phi) is 7.43. The van der Waals surface area contributed by atoms with E-state index in [-0.39, 0.29) is 12.0 Å². The number of carbonyl (C=O) groups excluding carboxylic acids is 1. The van der Waals surface area contributed by atoms with Crippen molar-refractivity contribution in [3.63, 3.8) is 0 Å². The predicted molar refractivity (Wildman–Crippen MR) is 85.7 cm³/mol. The molecule has 3 fully saturated rings. The van der Waals surface area contributed by atoms with E-state index < -0.39 is 17.6 Å². The fourth-order valence-corrected chi connectivity index (χ4v) is 3.60. The van der Waals surface area contributed by atoms with E-state index in [0.29, 0.717) is 26.4 Å². The van der Waals surface area contributed by atoms with Gasteiger partial charge in [0.1, 0.15) is 0 Å². The quantitative estimate of drug-likeness (QED) is 0.753. The van der Waals surface area contributed by atoms with Gasteiger partial charge in [-0.25, -0.2) is 9.86 Å². The van der Waals surface area contributed by atoms with Crippen LogP contribution in [-0.4, -0.2) is 92.3 Å². The first kappa shape index (κ1) is 21.9. The molecule has 8 nitrogen and oxygen atoms in total. The summed E-state index contributed by atoms with van der Waals surface area (Å²) in [5, 5.41) is 8.70. The number of alkyl halides is 3. The van der Waals surface area contributed by atoms with E-state index in [0.717, 1.165) is 38.9 Å². The molecule has 11 heteroatoms. The monoisotopic (exact) mass is 398 g/mol. The largest absolute Gasteiger partial charge is 0.490 e. The molecule has 156 valence electrons. The number of fused-ring (bicyclic) bond motifs is 1. The predicted octanol–water partition coefficient (Wildman–Crippen LogP) is 0.911. The molecule has 0 bridgehead atoms. The fourth-order valence-electron chi connectivity index (χ4n) is 3.60. The van der Waals surface area contributed by atoms with Crippen LogP contribution in [-0.2, 0) is 23.9 Å². The Bertz CT molecular complexity index is 527. The molecule has 1 amide bonds. The number of rotatable bonds is 4. The second-order valence-electron chi connectivity index (χ2n) is 6.72. The van der Waals surface area contributed by atoms with E-state index in [1.54, 1.807) is 12.2 Å². The number of piperidine rings is 1. The summed E-state index contributed by atoms with van der Waals surface area (Å²) in [5.74, 6) is -2.63. The van der Waals surface area contributed by atoms with Crippen LogP contribution in [0.2, 0.25) is 0 Å². The normalized spacial score (nSPS) is 28.4. The molecule has 0 spiro atoms. The van der Waals surface area contributed by atoms with E-state index in [1.807, 2.05) is 0 Å². The van der Waals surface area contributed by atoms with E-state index in [2.05, 4.69) is 4.90 Å². The molecule has 3 rings (SSSR count). The number of carboxylic acids is 1. The smallest absolute Gasteiger partial charge is 0.475 e. The van der Waals surface area contributed by atoms with Crippen LogP contribution in [0.3, 0.4) is 0 Å². The molecule has 0 aromatic rings. The van der Waals surface area contributed by atoms with Crippen molar-refractivity contribution in [1.82, 2.24) is 9.96 Å². The number of amides is 1. The highest BCUT2D eigenvalue weighted by molar-refractivity contribution is 5.83. The zero-order valence-corrected chi connectivity index (χ0v) is 15.2. The van der Waals surface area contributed by atoms with Crippen molar-refractivity contribution in [2.45, 2.75) is 31.5 Å². The standard InChI is InChI=1S/C14H24N2O4.C2HF3O2/c1-18-10-7-15-6-3-12-14(11-15,4-9-19-12)13(17)16-5-2-8-20-16;3-2(4,5)1(6)7/h12H,2-11H2,1H3;(H,6,7)/t12-,14-;/m1./s1. The van der Waals surface area contributed by atoms with Crippen molar-refractivity contribution in [2.75, 3.05) is 53.1 Å². The number of methoxy groups -OCH3 is 1. The highest BCUT2D eigenvalue weighted by Crippen LogP contribution is 2.42. The Labute approximate surface area is 155 Å². The highest BCUT2D eigenvalue weighted by atomic mass is 19.4. The number of nitrogens with zero attached hydrogens (tertiary/aromatic N) is 2. The Morgan fingerprint density at radius 3 is 2.56 bits per heavy atom. The fraction of sp³-hybridized carbons (Fsp3) is 0.875. The molecule has 3 saturated heterocycles. The molecule has 3 heterocycles. The van der Waals surface area contributed by atoms with Crippen LogP contribution in [0.4, 0.5) is 13.2 Å². The van der Waals surface area contributed by atoms with Gasteiger partial charge in [0.15, 0.2) is 0 Å². The van der Waals surface area contributed by atoms with Crippen molar-refractivity contribution in [2.24, 2.45) is 5.41 Å². The molecule has 3 aliphatic rings. The number of hydrogen-bond acceptors (Lipinski definition) is 6. The van der Waals surface area contributed by atoms with Crippen LogP contribution in [0.1, 0.15) is 19.3 Å². The summed E-state index contributed by atoms with van der Waals surface area (Å²) < 4.78 is 42.7. The zero-order valence-electron chi connectivity index (χ0n) is 15.2. The van der Waals surface area contributed by atoms with Crippen molar-refractivity contribution < 1.29 is 42.2 Å². The Morgan fingerprint density at radius 2 is 2.00 bits per heavy atom. The minimum Gasteiger partial charge on any atom is -0.475 e. The van der Waals surface area contributed by atoms with Gasteiger partial charge in [-0.1, -0.05) is 0 Å². The van der Waals surface area contributed by atoms with Crippen molar-refractivity contribution in [3.8, 4) is 0 Å². The van der Waals surface area contributed by atoms with E-state index in [4.69, 9.17) is 24.2 Å². The number of likely N-dealkylation sites (tertiary alicyclic amines) is 1. The molecule has 0 unspecified atom stereocenters. The molecular formula is C16H25F3N2O6. The van der Waals surface area contributed by atoms with Crippen LogP contribution in [0.5, 0.6) is 0 Å². The van der Waals surface area contributed by atoms with Gasteiger partial charge in [0.25, 0.3) is 5.91 Å². The summed E-state index contributed by atoms with van der Waals surface area (Å²) in [4.78, 5) is 29.6. The number of carboxylic acid groups (broad SMARTS) is 1. The first-order valence-corrected chi connectivity index (χ1v) is 8.78. The van der Waals surface area contributed by atoms with Gasteiger partial charge in [0, 0.05) is 33.4 Å². The number of halogens is 3.